The van der Waals surface area contributed by atoms with Crippen LogP contribution >= 0.6 is 0 Å². The molecule has 3 heterocycles. The van der Waals surface area contributed by atoms with Crippen molar-refractivity contribution < 1.29 is 28.2 Å². The van der Waals surface area contributed by atoms with Crippen LogP contribution in [0.25, 0.3) is 11.0 Å². The fourth-order valence-electron chi connectivity index (χ4n) is 5.67. The Morgan fingerprint density at radius 3 is 2.32 bits per heavy atom. The molecule has 37 heavy (non-hydrogen) atoms. The monoisotopic (exact) mass is 514 g/mol. The molecule has 2 aliphatic heterocycles. The molecule has 2 aromatic rings. The molecule has 1 aromatic heterocycles. The first-order chi connectivity index (χ1) is 17.7. The van der Waals surface area contributed by atoms with E-state index in [1.807, 2.05) is 26.8 Å². The molecule has 0 aliphatic carbocycles. The van der Waals surface area contributed by atoms with Crippen molar-refractivity contribution in [2.75, 3.05) is 44.9 Å². The van der Waals surface area contributed by atoms with Gasteiger partial charge in [0.05, 0.1) is 12.7 Å². The van der Waals surface area contributed by atoms with E-state index < -0.39 is 5.60 Å². The molecule has 0 atom stereocenters. The Morgan fingerprint density at radius 1 is 1.08 bits per heavy atom. The maximum Gasteiger partial charge on any atom is 0.410 e. The SMILES string of the molecule is CCc1c(N(CC)C2CCOCC2)cc2oc(C3CCN(C(=O)OC(C)(C)C)CC3)cc2c1C(=O)OC. The maximum atomic E-state index is 13.1. The van der Waals surface area contributed by atoms with Crippen molar-refractivity contribution in [3.8, 4) is 0 Å². The van der Waals surface area contributed by atoms with Crippen molar-refractivity contribution in [3.05, 3.63) is 29.0 Å². The zero-order chi connectivity index (χ0) is 26.7. The number of methoxy groups -OCH3 is 1. The number of hydrogen-bond donors (Lipinski definition) is 0. The van der Waals surface area contributed by atoms with Crippen LogP contribution in [0, 0.1) is 0 Å². The van der Waals surface area contributed by atoms with E-state index in [9.17, 15) is 9.59 Å². The standard InChI is InChI=1S/C29H42N2O6/c1-7-21-23(31(8-2)20-11-15-35-16-12-20)18-25-22(26(21)27(32)34-6)17-24(36-25)19-9-13-30(14-10-19)28(33)37-29(3,4)5/h17-20H,7-16H2,1-6H3. The Morgan fingerprint density at radius 2 is 1.76 bits per heavy atom. The number of fused-ring (bicyclic) bond motifs is 1. The van der Waals surface area contributed by atoms with Crippen LogP contribution < -0.4 is 4.90 Å². The summed E-state index contributed by atoms with van der Waals surface area (Å²) in [5, 5.41) is 0.806. The first-order valence-corrected chi connectivity index (χ1v) is 13.7. The largest absolute Gasteiger partial charge is 0.465 e. The second-order valence-electron chi connectivity index (χ2n) is 11.0. The van der Waals surface area contributed by atoms with E-state index in [0.29, 0.717) is 36.7 Å². The summed E-state index contributed by atoms with van der Waals surface area (Å²) in [4.78, 5) is 29.8. The molecule has 1 aromatic carbocycles. The van der Waals surface area contributed by atoms with Crippen molar-refractivity contribution in [2.45, 2.75) is 84.3 Å². The van der Waals surface area contributed by atoms with E-state index in [-0.39, 0.29) is 18.0 Å². The summed E-state index contributed by atoms with van der Waals surface area (Å²) in [5.74, 6) is 0.694. The molecule has 0 bridgehead atoms. The molecule has 4 rings (SSSR count). The highest BCUT2D eigenvalue weighted by molar-refractivity contribution is 6.07. The molecule has 0 saturated carbocycles. The van der Waals surface area contributed by atoms with Crippen LogP contribution in [0.3, 0.4) is 0 Å². The first-order valence-electron chi connectivity index (χ1n) is 13.7. The molecule has 0 radical (unpaired) electrons. The minimum absolute atomic E-state index is 0.169. The van der Waals surface area contributed by atoms with Crippen LogP contribution in [-0.2, 0) is 20.6 Å². The Balaban J connectivity index is 1.66. The Hall–Kier alpha value is -2.74. The number of likely N-dealkylation sites (tertiary alicyclic amines) is 1. The minimum Gasteiger partial charge on any atom is -0.465 e. The number of nitrogens with zero attached hydrogens (tertiary/aromatic N) is 2. The lowest BCUT2D eigenvalue weighted by atomic mass is 9.93. The predicted molar refractivity (Wildman–Crippen MR) is 144 cm³/mol. The number of esters is 1. The van der Waals surface area contributed by atoms with Gasteiger partial charge in [-0.2, -0.15) is 0 Å². The number of amides is 1. The first kappa shape index (κ1) is 27.3. The van der Waals surface area contributed by atoms with Gasteiger partial charge in [-0.25, -0.2) is 9.59 Å². The number of anilines is 1. The van der Waals surface area contributed by atoms with E-state index in [2.05, 4.69) is 24.8 Å². The van der Waals surface area contributed by atoms with Gasteiger partial charge in [0.25, 0.3) is 0 Å². The van der Waals surface area contributed by atoms with Crippen molar-refractivity contribution in [2.24, 2.45) is 0 Å². The summed E-state index contributed by atoms with van der Waals surface area (Å²) in [7, 11) is 1.43. The number of carbonyl (C=O) groups excluding carboxylic acids is 2. The summed E-state index contributed by atoms with van der Waals surface area (Å²) in [6.07, 6.45) is 3.93. The van der Waals surface area contributed by atoms with Gasteiger partial charge >= 0.3 is 12.1 Å². The van der Waals surface area contributed by atoms with Gasteiger partial charge in [0.1, 0.15) is 16.9 Å². The fourth-order valence-corrected chi connectivity index (χ4v) is 5.67. The average Bonchev–Trinajstić information content (AvgIpc) is 3.31. The molecule has 204 valence electrons. The number of ether oxygens (including phenoxy) is 3. The number of benzene rings is 1. The van der Waals surface area contributed by atoms with Gasteiger partial charge in [0, 0.05) is 61.9 Å². The molecule has 8 nitrogen and oxygen atoms in total. The quantitative estimate of drug-likeness (QED) is 0.444. The number of carbonyl (C=O) groups is 2. The second-order valence-corrected chi connectivity index (χ2v) is 11.0. The number of piperidine rings is 1. The minimum atomic E-state index is -0.511. The van der Waals surface area contributed by atoms with Crippen LogP contribution in [0.2, 0.25) is 0 Å². The molecular weight excluding hydrogens is 472 g/mol. The molecular formula is C29H42N2O6. The van der Waals surface area contributed by atoms with Crippen molar-refractivity contribution >= 4 is 28.7 Å². The Labute approximate surface area is 220 Å². The Bertz CT molecular complexity index is 1100. The van der Waals surface area contributed by atoms with Gasteiger partial charge < -0.3 is 28.4 Å². The van der Waals surface area contributed by atoms with Gasteiger partial charge in [0.15, 0.2) is 0 Å². The van der Waals surface area contributed by atoms with Crippen molar-refractivity contribution in [1.29, 1.82) is 0 Å². The topological polar surface area (TPSA) is 81.5 Å². The zero-order valence-electron chi connectivity index (χ0n) is 23.2. The lowest BCUT2D eigenvalue weighted by Crippen LogP contribution is -2.41. The second kappa shape index (κ2) is 11.3. The van der Waals surface area contributed by atoms with Crippen LogP contribution in [0.15, 0.2) is 16.5 Å². The van der Waals surface area contributed by atoms with Gasteiger partial charge in [0.2, 0.25) is 0 Å². The van der Waals surface area contributed by atoms with Gasteiger partial charge in [-0.3, -0.25) is 0 Å². The number of hydrogen-bond acceptors (Lipinski definition) is 7. The normalized spacial score (nSPS) is 17.7. The highest BCUT2D eigenvalue weighted by Crippen LogP contribution is 2.40. The average molecular weight is 515 g/mol. The third-order valence-electron chi connectivity index (χ3n) is 7.50. The Kier molecular flexibility index (Phi) is 8.36. The van der Waals surface area contributed by atoms with Crippen LogP contribution in [0.4, 0.5) is 10.5 Å². The number of furan rings is 1. The van der Waals surface area contributed by atoms with Gasteiger partial charge in [-0.05, 0) is 71.4 Å². The third kappa shape index (κ3) is 5.89. The smallest absolute Gasteiger partial charge is 0.410 e. The zero-order valence-corrected chi connectivity index (χ0v) is 23.2. The molecule has 0 N–H and O–H groups in total. The van der Waals surface area contributed by atoms with E-state index in [1.165, 1.54) is 7.11 Å². The van der Waals surface area contributed by atoms with E-state index in [1.54, 1.807) is 4.90 Å². The van der Waals surface area contributed by atoms with E-state index in [0.717, 1.165) is 67.8 Å². The lowest BCUT2D eigenvalue weighted by molar-refractivity contribution is 0.0200. The van der Waals surface area contributed by atoms with E-state index in [4.69, 9.17) is 18.6 Å². The summed E-state index contributed by atoms with van der Waals surface area (Å²) in [6, 6.07) is 4.49. The molecule has 0 unspecified atom stereocenters. The summed E-state index contributed by atoms with van der Waals surface area (Å²) in [6.45, 7) is 13.4. The maximum absolute atomic E-state index is 13.1. The number of rotatable bonds is 6. The van der Waals surface area contributed by atoms with Crippen molar-refractivity contribution in [1.82, 2.24) is 4.90 Å². The molecule has 2 fully saturated rings. The van der Waals surface area contributed by atoms with E-state index >= 15 is 0 Å². The van der Waals surface area contributed by atoms with Gasteiger partial charge in [-0.1, -0.05) is 6.92 Å². The lowest BCUT2D eigenvalue weighted by Gasteiger charge is -2.36. The summed E-state index contributed by atoms with van der Waals surface area (Å²) < 4.78 is 22.8. The van der Waals surface area contributed by atoms with Crippen LogP contribution in [0.1, 0.15) is 87.9 Å². The third-order valence-corrected chi connectivity index (χ3v) is 7.50. The molecule has 2 aliphatic rings. The predicted octanol–water partition coefficient (Wildman–Crippen LogP) is 5.90. The molecule has 0 spiro atoms. The molecule has 1 amide bonds. The highest BCUT2D eigenvalue weighted by Gasteiger charge is 2.31. The molecule has 2 saturated heterocycles. The van der Waals surface area contributed by atoms with Crippen LogP contribution in [-0.4, -0.2) is 68.6 Å². The molecule has 8 heteroatoms. The van der Waals surface area contributed by atoms with Crippen molar-refractivity contribution in [3.63, 3.8) is 0 Å². The summed E-state index contributed by atoms with van der Waals surface area (Å²) >= 11 is 0. The fraction of sp³-hybridized carbons (Fsp3) is 0.655. The summed E-state index contributed by atoms with van der Waals surface area (Å²) in [5.41, 5.74) is 2.85. The van der Waals surface area contributed by atoms with Crippen LogP contribution in [0.5, 0.6) is 0 Å². The van der Waals surface area contributed by atoms with Gasteiger partial charge in [-0.15, -0.1) is 0 Å². The highest BCUT2D eigenvalue weighted by atomic mass is 16.6.